The van der Waals surface area contributed by atoms with E-state index in [9.17, 15) is 0 Å². The average molecular weight is 633 g/mol. The molecule has 2 aromatic carbocycles. The number of fused-ring (bicyclic) bond motifs is 2. The number of benzene rings is 2. The first-order chi connectivity index (χ1) is 22.1. The lowest BCUT2D eigenvalue weighted by atomic mass is 10.2. The SMILES string of the molecule is Cc1c(C2=Nn3c(CCCc4nnc5n4N=C(c4cnn(-c6ccccc6)c4C)CS5)nnc3SC2)cnn1-c1ccccc1. The third kappa shape index (κ3) is 5.09. The van der Waals surface area contributed by atoms with Gasteiger partial charge in [-0.3, -0.25) is 0 Å². The van der Waals surface area contributed by atoms with E-state index in [4.69, 9.17) is 10.2 Å². The summed E-state index contributed by atoms with van der Waals surface area (Å²) in [4.78, 5) is 0. The molecule has 8 rings (SSSR count). The van der Waals surface area contributed by atoms with Crippen molar-refractivity contribution < 1.29 is 0 Å². The van der Waals surface area contributed by atoms with E-state index in [0.29, 0.717) is 24.3 Å². The van der Waals surface area contributed by atoms with Crippen LogP contribution in [0.4, 0.5) is 0 Å². The molecule has 0 aliphatic carbocycles. The minimum absolute atomic E-state index is 0.696. The van der Waals surface area contributed by atoms with Crippen LogP contribution in [0.3, 0.4) is 0 Å². The third-order valence-electron chi connectivity index (χ3n) is 7.91. The molecular formula is C31H28N12S2. The Bertz CT molecular complexity index is 1920. The van der Waals surface area contributed by atoms with E-state index in [1.807, 2.05) is 67.5 Å². The summed E-state index contributed by atoms with van der Waals surface area (Å²) in [6.45, 7) is 4.15. The van der Waals surface area contributed by atoms with Gasteiger partial charge in [0.15, 0.2) is 11.6 Å². The Kier molecular flexibility index (Phi) is 7.14. The standard InChI is InChI=1S/C31H28N12S2/c1-20-24(16-32-40(20)22-10-5-3-6-11-22)26-18-44-30-36-34-28(42(30)38-26)14-9-15-29-35-37-31-43(29)39-27(19-45-31)25-17-33-41(21(25)2)23-12-7-4-8-13-23/h3-8,10-13,16-17H,9,14-15,18-19H2,1-2H3. The summed E-state index contributed by atoms with van der Waals surface area (Å²) in [5.41, 5.74) is 8.14. The molecule has 6 heterocycles. The molecule has 0 N–H and O–H groups in total. The smallest absolute Gasteiger partial charge is 0.212 e. The molecule has 45 heavy (non-hydrogen) atoms. The van der Waals surface area contributed by atoms with Crippen molar-refractivity contribution in [3.8, 4) is 11.4 Å². The molecule has 0 spiro atoms. The van der Waals surface area contributed by atoms with Crippen molar-refractivity contribution in [2.45, 2.75) is 43.4 Å². The Morgan fingerprint density at radius 1 is 0.600 bits per heavy atom. The number of nitrogens with zero attached hydrogens (tertiary/aromatic N) is 12. The number of hydrogen-bond donors (Lipinski definition) is 0. The van der Waals surface area contributed by atoms with E-state index < -0.39 is 0 Å². The van der Waals surface area contributed by atoms with Gasteiger partial charge in [0, 0.05) is 35.5 Å². The topological polar surface area (TPSA) is 122 Å². The van der Waals surface area contributed by atoms with Gasteiger partial charge in [-0.05, 0) is 44.5 Å². The second kappa shape index (κ2) is 11.6. The number of aromatic nitrogens is 10. The average Bonchev–Trinajstić information content (AvgIpc) is 3.87. The van der Waals surface area contributed by atoms with Crippen molar-refractivity contribution in [1.29, 1.82) is 0 Å². The summed E-state index contributed by atoms with van der Waals surface area (Å²) in [6, 6.07) is 20.3. The highest BCUT2D eigenvalue weighted by Crippen LogP contribution is 2.28. The molecule has 2 aliphatic heterocycles. The van der Waals surface area contributed by atoms with Crippen molar-refractivity contribution in [2.24, 2.45) is 10.2 Å². The second-order valence-electron chi connectivity index (χ2n) is 10.7. The first-order valence-electron chi connectivity index (χ1n) is 14.6. The molecule has 2 aliphatic rings. The van der Waals surface area contributed by atoms with Gasteiger partial charge in [0.05, 0.1) is 46.6 Å². The molecule has 0 bridgehead atoms. The number of rotatable bonds is 8. The van der Waals surface area contributed by atoms with Crippen LogP contribution in [0.25, 0.3) is 11.4 Å². The van der Waals surface area contributed by atoms with Gasteiger partial charge < -0.3 is 0 Å². The van der Waals surface area contributed by atoms with Crippen molar-refractivity contribution in [3.63, 3.8) is 0 Å². The molecule has 224 valence electrons. The first kappa shape index (κ1) is 27.7. The molecule has 0 fully saturated rings. The lowest BCUT2D eigenvalue weighted by molar-refractivity contribution is 0.643. The minimum atomic E-state index is 0.696. The Morgan fingerprint density at radius 2 is 1.04 bits per heavy atom. The van der Waals surface area contributed by atoms with Crippen molar-refractivity contribution >= 4 is 34.9 Å². The maximum absolute atomic E-state index is 4.97. The van der Waals surface area contributed by atoms with Crippen LogP contribution in [0.2, 0.25) is 0 Å². The number of hydrogen-bond acceptors (Lipinski definition) is 10. The molecule has 0 atom stereocenters. The summed E-state index contributed by atoms with van der Waals surface area (Å²) in [5, 5.41) is 38.6. The highest BCUT2D eigenvalue weighted by atomic mass is 32.2. The number of thioether (sulfide) groups is 2. The lowest BCUT2D eigenvalue weighted by Gasteiger charge is -2.14. The van der Waals surface area contributed by atoms with E-state index in [-0.39, 0.29) is 0 Å². The predicted molar refractivity (Wildman–Crippen MR) is 174 cm³/mol. The normalized spacial score (nSPS) is 14.2. The maximum atomic E-state index is 4.97. The maximum Gasteiger partial charge on any atom is 0.212 e. The van der Waals surface area contributed by atoms with E-state index in [1.54, 1.807) is 23.5 Å². The summed E-state index contributed by atoms with van der Waals surface area (Å²) in [6.07, 6.45) is 5.98. The predicted octanol–water partition coefficient (Wildman–Crippen LogP) is 4.75. The minimum Gasteiger partial charge on any atom is -0.237 e. The molecule has 14 heteroatoms. The summed E-state index contributed by atoms with van der Waals surface area (Å²) < 4.78 is 7.66. The zero-order valence-electron chi connectivity index (χ0n) is 24.6. The molecule has 0 saturated heterocycles. The largest absolute Gasteiger partial charge is 0.237 e. The van der Waals surface area contributed by atoms with Crippen LogP contribution in [-0.4, -0.2) is 72.2 Å². The van der Waals surface area contributed by atoms with Gasteiger partial charge in [0.1, 0.15) is 0 Å². The molecule has 0 amide bonds. The first-order valence-corrected chi connectivity index (χ1v) is 16.6. The Hall–Kier alpha value is -4.82. The van der Waals surface area contributed by atoms with Gasteiger partial charge in [0.25, 0.3) is 0 Å². The zero-order valence-corrected chi connectivity index (χ0v) is 26.3. The number of aryl methyl sites for hydroxylation is 2. The molecular weight excluding hydrogens is 605 g/mol. The van der Waals surface area contributed by atoms with Crippen LogP contribution in [-0.2, 0) is 12.8 Å². The van der Waals surface area contributed by atoms with Gasteiger partial charge >= 0.3 is 0 Å². The van der Waals surface area contributed by atoms with Gasteiger partial charge in [-0.15, -0.1) is 20.4 Å². The molecule has 0 saturated carbocycles. The van der Waals surface area contributed by atoms with Crippen molar-refractivity contribution in [3.05, 3.63) is 107 Å². The summed E-state index contributed by atoms with van der Waals surface area (Å²) in [7, 11) is 0. The van der Waals surface area contributed by atoms with Crippen LogP contribution in [0.1, 0.15) is 40.6 Å². The Balaban J connectivity index is 0.988. The Labute approximate surface area is 267 Å². The van der Waals surface area contributed by atoms with Crippen molar-refractivity contribution in [2.75, 3.05) is 11.5 Å². The molecule has 12 nitrogen and oxygen atoms in total. The molecule has 0 unspecified atom stereocenters. The van der Waals surface area contributed by atoms with Gasteiger partial charge in [0.2, 0.25) is 10.3 Å². The van der Waals surface area contributed by atoms with E-state index >= 15 is 0 Å². The van der Waals surface area contributed by atoms with Gasteiger partial charge in [-0.2, -0.15) is 29.8 Å². The fraction of sp³-hybridized carbons (Fsp3) is 0.226. The fourth-order valence-electron chi connectivity index (χ4n) is 5.56. The fourth-order valence-corrected chi connectivity index (χ4v) is 7.25. The third-order valence-corrected chi connectivity index (χ3v) is 9.78. The molecule has 4 aromatic heterocycles. The molecule has 6 aromatic rings. The van der Waals surface area contributed by atoms with Crippen LogP contribution in [0.5, 0.6) is 0 Å². The monoisotopic (exact) mass is 632 g/mol. The van der Waals surface area contributed by atoms with E-state index in [0.717, 1.165) is 73.7 Å². The molecule has 0 radical (unpaired) electrons. The Morgan fingerprint density at radius 3 is 1.49 bits per heavy atom. The van der Waals surface area contributed by atoms with Gasteiger partial charge in [-0.1, -0.05) is 59.9 Å². The van der Waals surface area contributed by atoms with Crippen LogP contribution < -0.4 is 0 Å². The second-order valence-corrected chi connectivity index (χ2v) is 12.6. The van der Waals surface area contributed by atoms with Crippen LogP contribution in [0, 0.1) is 13.8 Å². The van der Waals surface area contributed by atoms with E-state index in [1.165, 1.54) is 0 Å². The number of para-hydroxylation sites is 2. The van der Waals surface area contributed by atoms with Gasteiger partial charge in [-0.25, -0.2) is 9.36 Å². The summed E-state index contributed by atoms with van der Waals surface area (Å²) in [5.74, 6) is 3.08. The highest BCUT2D eigenvalue weighted by molar-refractivity contribution is 8.00. The highest BCUT2D eigenvalue weighted by Gasteiger charge is 2.25. The summed E-state index contributed by atoms with van der Waals surface area (Å²) >= 11 is 3.29. The van der Waals surface area contributed by atoms with Crippen LogP contribution in [0.15, 0.2) is 93.6 Å². The van der Waals surface area contributed by atoms with Crippen LogP contribution >= 0.6 is 23.5 Å². The zero-order chi connectivity index (χ0) is 30.3. The van der Waals surface area contributed by atoms with E-state index in [2.05, 4.69) is 68.7 Å². The van der Waals surface area contributed by atoms with Crippen molar-refractivity contribution in [1.82, 2.24) is 49.3 Å². The lowest BCUT2D eigenvalue weighted by Crippen LogP contribution is -2.16. The quantitative estimate of drug-likeness (QED) is 0.236.